The molecule has 1 aromatic rings. The van der Waals surface area contributed by atoms with E-state index in [-0.39, 0.29) is 6.10 Å². The van der Waals surface area contributed by atoms with Crippen molar-refractivity contribution in [2.75, 3.05) is 18.0 Å². The molecule has 0 amide bonds. The summed E-state index contributed by atoms with van der Waals surface area (Å²) in [5, 5.41) is 9.98. The van der Waals surface area contributed by atoms with E-state index in [9.17, 15) is 5.11 Å². The predicted octanol–water partition coefficient (Wildman–Crippen LogP) is 2.53. The van der Waals surface area contributed by atoms with Gasteiger partial charge in [0.25, 0.3) is 0 Å². The van der Waals surface area contributed by atoms with Crippen molar-refractivity contribution in [1.29, 1.82) is 0 Å². The molecule has 1 aliphatic rings. The number of rotatable bonds is 2. The Labute approximate surface area is 97.9 Å². The summed E-state index contributed by atoms with van der Waals surface area (Å²) in [6.07, 6.45) is 0.762. The third-order valence-corrected chi connectivity index (χ3v) is 3.60. The molecule has 0 aromatic heterocycles. The van der Waals surface area contributed by atoms with Gasteiger partial charge in [0, 0.05) is 24.7 Å². The van der Waals surface area contributed by atoms with Gasteiger partial charge in [-0.25, -0.2) is 0 Å². The van der Waals surface area contributed by atoms with E-state index in [1.807, 2.05) is 6.07 Å². The van der Waals surface area contributed by atoms with Gasteiger partial charge in [0.15, 0.2) is 0 Å². The van der Waals surface area contributed by atoms with Crippen molar-refractivity contribution in [2.24, 2.45) is 11.8 Å². The van der Waals surface area contributed by atoms with E-state index in [1.165, 1.54) is 5.69 Å². The predicted molar refractivity (Wildman–Crippen MR) is 67.6 cm³/mol. The molecule has 1 aliphatic heterocycles. The van der Waals surface area contributed by atoms with E-state index in [1.54, 1.807) is 0 Å². The molecule has 2 nitrogen and oxygen atoms in total. The lowest BCUT2D eigenvalue weighted by Crippen LogP contribution is -2.45. The first kappa shape index (κ1) is 11.5. The summed E-state index contributed by atoms with van der Waals surface area (Å²) in [7, 11) is 0. The quantitative estimate of drug-likeness (QED) is 0.826. The van der Waals surface area contributed by atoms with Crippen LogP contribution in [0.5, 0.6) is 0 Å². The molecule has 1 saturated heterocycles. The van der Waals surface area contributed by atoms with Crippen LogP contribution in [0.2, 0.25) is 0 Å². The lowest BCUT2D eigenvalue weighted by atomic mass is 9.85. The van der Waals surface area contributed by atoms with Gasteiger partial charge >= 0.3 is 0 Å². The van der Waals surface area contributed by atoms with Crippen LogP contribution < -0.4 is 4.90 Å². The molecular weight excluding hydrogens is 198 g/mol. The Balaban J connectivity index is 2.09. The number of para-hydroxylation sites is 1. The maximum atomic E-state index is 9.98. The molecule has 16 heavy (non-hydrogen) atoms. The largest absolute Gasteiger partial charge is 0.393 e. The van der Waals surface area contributed by atoms with E-state index in [0.717, 1.165) is 19.5 Å². The smallest absolute Gasteiger partial charge is 0.0604 e. The fourth-order valence-corrected chi connectivity index (χ4v) is 2.50. The minimum absolute atomic E-state index is 0.125. The summed E-state index contributed by atoms with van der Waals surface area (Å²) in [6.45, 7) is 6.34. The van der Waals surface area contributed by atoms with Gasteiger partial charge in [-0.2, -0.15) is 0 Å². The average Bonchev–Trinajstić information content (AvgIpc) is 2.30. The average molecular weight is 219 g/mol. The van der Waals surface area contributed by atoms with Crippen LogP contribution in [0.1, 0.15) is 20.3 Å². The summed E-state index contributed by atoms with van der Waals surface area (Å²) >= 11 is 0. The number of hydrogen-bond acceptors (Lipinski definition) is 2. The van der Waals surface area contributed by atoms with Gasteiger partial charge in [0.1, 0.15) is 0 Å². The van der Waals surface area contributed by atoms with E-state index < -0.39 is 0 Å². The Morgan fingerprint density at radius 1 is 1.25 bits per heavy atom. The second kappa shape index (κ2) is 4.88. The minimum Gasteiger partial charge on any atom is -0.393 e. The molecule has 1 aromatic carbocycles. The second-order valence-corrected chi connectivity index (χ2v) is 5.05. The maximum Gasteiger partial charge on any atom is 0.0604 e. The van der Waals surface area contributed by atoms with E-state index in [0.29, 0.717) is 11.8 Å². The zero-order chi connectivity index (χ0) is 11.5. The van der Waals surface area contributed by atoms with E-state index in [2.05, 4.69) is 43.0 Å². The SMILES string of the molecule is CC(C)C1CN(c2ccccc2)CCC1O. The highest BCUT2D eigenvalue weighted by Gasteiger charge is 2.29. The maximum absolute atomic E-state index is 9.98. The van der Waals surface area contributed by atoms with Crippen LogP contribution in [0, 0.1) is 11.8 Å². The van der Waals surface area contributed by atoms with Crippen LogP contribution in [0.25, 0.3) is 0 Å². The Hall–Kier alpha value is -1.02. The molecule has 1 N–H and O–H groups in total. The van der Waals surface area contributed by atoms with Gasteiger partial charge in [-0.15, -0.1) is 0 Å². The second-order valence-electron chi connectivity index (χ2n) is 5.05. The number of hydrogen-bond donors (Lipinski definition) is 1. The van der Waals surface area contributed by atoms with Crippen molar-refractivity contribution in [3.8, 4) is 0 Å². The van der Waals surface area contributed by atoms with Crippen LogP contribution >= 0.6 is 0 Å². The number of benzene rings is 1. The van der Waals surface area contributed by atoms with Crippen molar-refractivity contribution in [2.45, 2.75) is 26.4 Å². The van der Waals surface area contributed by atoms with Gasteiger partial charge in [-0.05, 0) is 24.5 Å². The molecule has 88 valence electrons. The Bertz CT molecular complexity index is 323. The first-order chi connectivity index (χ1) is 7.68. The van der Waals surface area contributed by atoms with Crippen LogP contribution in [-0.2, 0) is 0 Å². The third-order valence-electron chi connectivity index (χ3n) is 3.60. The third kappa shape index (κ3) is 2.38. The number of aliphatic hydroxyl groups excluding tert-OH is 1. The molecule has 1 fully saturated rings. The standard InChI is InChI=1S/C14H21NO/c1-11(2)13-10-15(9-8-14(13)16)12-6-4-3-5-7-12/h3-7,11,13-14,16H,8-10H2,1-2H3. The van der Waals surface area contributed by atoms with Gasteiger partial charge in [-0.3, -0.25) is 0 Å². The highest BCUT2D eigenvalue weighted by atomic mass is 16.3. The molecule has 2 rings (SSSR count). The Morgan fingerprint density at radius 2 is 1.94 bits per heavy atom. The monoisotopic (exact) mass is 219 g/mol. The van der Waals surface area contributed by atoms with Crippen molar-refractivity contribution in [3.05, 3.63) is 30.3 Å². The Morgan fingerprint density at radius 3 is 2.56 bits per heavy atom. The molecule has 2 atom stereocenters. The molecule has 0 saturated carbocycles. The van der Waals surface area contributed by atoms with Crippen molar-refractivity contribution in [3.63, 3.8) is 0 Å². The van der Waals surface area contributed by atoms with Crippen molar-refractivity contribution in [1.82, 2.24) is 0 Å². The molecule has 2 heteroatoms. The van der Waals surface area contributed by atoms with E-state index in [4.69, 9.17) is 0 Å². The van der Waals surface area contributed by atoms with Gasteiger partial charge < -0.3 is 10.0 Å². The lowest BCUT2D eigenvalue weighted by Gasteiger charge is -2.39. The molecular formula is C14H21NO. The first-order valence-electron chi connectivity index (χ1n) is 6.16. The van der Waals surface area contributed by atoms with E-state index >= 15 is 0 Å². The Kier molecular flexibility index (Phi) is 3.49. The summed E-state index contributed by atoms with van der Waals surface area (Å²) in [5.41, 5.74) is 1.28. The van der Waals surface area contributed by atoms with Crippen LogP contribution in [0.4, 0.5) is 5.69 Å². The molecule has 1 heterocycles. The van der Waals surface area contributed by atoms with Gasteiger partial charge in [0.2, 0.25) is 0 Å². The molecule has 0 aliphatic carbocycles. The summed E-state index contributed by atoms with van der Waals surface area (Å²) in [5.74, 6) is 0.940. The highest BCUT2D eigenvalue weighted by molar-refractivity contribution is 5.46. The fraction of sp³-hybridized carbons (Fsp3) is 0.571. The van der Waals surface area contributed by atoms with Crippen LogP contribution in [0.3, 0.4) is 0 Å². The number of anilines is 1. The number of nitrogens with zero attached hydrogens (tertiary/aromatic N) is 1. The summed E-state index contributed by atoms with van der Waals surface area (Å²) in [6, 6.07) is 10.5. The van der Waals surface area contributed by atoms with Gasteiger partial charge in [0.05, 0.1) is 6.10 Å². The number of aliphatic hydroxyl groups is 1. The van der Waals surface area contributed by atoms with Crippen LogP contribution in [-0.4, -0.2) is 24.3 Å². The topological polar surface area (TPSA) is 23.5 Å². The molecule has 0 spiro atoms. The molecule has 0 radical (unpaired) electrons. The zero-order valence-corrected chi connectivity index (χ0v) is 10.1. The van der Waals surface area contributed by atoms with Crippen molar-refractivity contribution < 1.29 is 5.11 Å². The summed E-state index contributed by atoms with van der Waals surface area (Å²) in [4.78, 5) is 2.39. The first-order valence-corrected chi connectivity index (χ1v) is 6.16. The molecule has 0 bridgehead atoms. The highest BCUT2D eigenvalue weighted by Crippen LogP contribution is 2.27. The summed E-state index contributed by atoms with van der Waals surface area (Å²) < 4.78 is 0. The minimum atomic E-state index is -0.125. The van der Waals surface area contributed by atoms with Gasteiger partial charge in [-0.1, -0.05) is 32.0 Å². The lowest BCUT2D eigenvalue weighted by molar-refractivity contribution is 0.0639. The number of piperidine rings is 1. The fourth-order valence-electron chi connectivity index (χ4n) is 2.50. The van der Waals surface area contributed by atoms with Crippen LogP contribution in [0.15, 0.2) is 30.3 Å². The zero-order valence-electron chi connectivity index (χ0n) is 10.1. The normalized spacial score (nSPS) is 26.1. The molecule has 2 unspecified atom stereocenters. The van der Waals surface area contributed by atoms with Crippen molar-refractivity contribution >= 4 is 5.69 Å².